The van der Waals surface area contributed by atoms with Crippen LogP contribution in [0.25, 0.3) is 0 Å². The Labute approximate surface area is 37.2 Å². The van der Waals surface area contributed by atoms with Crippen molar-refractivity contribution >= 4 is 21.0 Å². The molecular weight excluding hydrogens is 112 g/mol. The fourth-order valence-electron chi connectivity index (χ4n) is 0. The molecule has 0 aliphatic rings. The Hall–Kier alpha value is 0.400. The lowest BCUT2D eigenvalue weighted by molar-refractivity contribution is 0.457. The van der Waals surface area contributed by atoms with Gasteiger partial charge in [0.05, 0.1) is 7.11 Å². The van der Waals surface area contributed by atoms with E-state index in [9.17, 15) is 4.21 Å². The van der Waals surface area contributed by atoms with Gasteiger partial charge < -0.3 is 0 Å². The maximum absolute atomic E-state index is 9.47. The maximum Gasteiger partial charge on any atom is 0.255 e. The topological polar surface area (TPSA) is 26.3 Å². The van der Waals surface area contributed by atoms with E-state index in [0.717, 1.165) is 0 Å². The van der Waals surface area contributed by atoms with Crippen LogP contribution in [0.5, 0.6) is 0 Å². The van der Waals surface area contributed by atoms with Gasteiger partial charge in [0, 0.05) is 10.7 Å². The minimum Gasteiger partial charge on any atom is -0.281 e. The van der Waals surface area contributed by atoms with Crippen molar-refractivity contribution in [3.8, 4) is 0 Å². The number of rotatable bonds is 1. The van der Waals surface area contributed by atoms with Crippen LogP contribution in [-0.4, -0.2) is 11.3 Å². The normalized spacial score (nSPS) is 14.8. The summed E-state index contributed by atoms with van der Waals surface area (Å²) in [6.45, 7) is 0. The van der Waals surface area contributed by atoms with Gasteiger partial charge in [-0.1, -0.05) is 0 Å². The standard InChI is InChI=1S/CH3ClO2S/c1-4-5(2)3/h1H3. The highest BCUT2D eigenvalue weighted by Gasteiger charge is 1.77. The van der Waals surface area contributed by atoms with Crippen LogP contribution in [0, 0.1) is 0 Å². The third kappa shape index (κ3) is 4.40. The Kier molecular flexibility index (Phi) is 2.84. The first-order valence-corrected chi connectivity index (χ1v) is 2.80. The first kappa shape index (κ1) is 5.40. The molecule has 0 spiro atoms. The van der Waals surface area contributed by atoms with Crippen LogP contribution >= 0.6 is 10.7 Å². The zero-order valence-electron chi connectivity index (χ0n) is 2.60. The molecule has 0 bridgehead atoms. The number of hydrogen-bond acceptors (Lipinski definition) is 2. The molecule has 32 valence electrons. The van der Waals surface area contributed by atoms with Gasteiger partial charge in [0.1, 0.15) is 0 Å². The minimum absolute atomic E-state index is 1.27. The van der Waals surface area contributed by atoms with Crippen LogP contribution in [-0.2, 0) is 14.5 Å². The zero-order chi connectivity index (χ0) is 4.28. The van der Waals surface area contributed by atoms with Crippen LogP contribution in [0.3, 0.4) is 0 Å². The average molecular weight is 115 g/mol. The molecule has 0 heterocycles. The molecule has 0 aliphatic carbocycles. The quantitative estimate of drug-likeness (QED) is 0.463. The van der Waals surface area contributed by atoms with Crippen LogP contribution in [0.4, 0.5) is 0 Å². The highest BCUT2D eigenvalue weighted by molar-refractivity contribution is 8.04. The van der Waals surface area contributed by atoms with Crippen LogP contribution in [0.2, 0.25) is 0 Å². The second-order valence-corrected chi connectivity index (χ2v) is 1.84. The monoisotopic (exact) mass is 114 g/mol. The first-order chi connectivity index (χ1) is 2.27. The van der Waals surface area contributed by atoms with Gasteiger partial charge >= 0.3 is 0 Å². The van der Waals surface area contributed by atoms with Crippen molar-refractivity contribution in [1.82, 2.24) is 0 Å². The molecule has 2 nitrogen and oxygen atoms in total. The summed E-state index contributed by atoms with van der Waals surface area (Å²) >= 11 is 0. The molecule has 0 amide bonds. The average Bonchev–Trinajstić information content (AvgIpc) is 1.38. The fourth-order valence-corrected chi connectivity index (χ4v) is 0. The lowest BCUT2D eigenvalue weighted by Gasteiger charge is -1.74. The molecule has 1 unspecified atom stereocenters. The molecule has 0 aromatic rings. The molecule has 0 aliphatic heterocycles. The maximum atomic E-state index is 9.47. The Morgan fingerprint density at radius 3 is 2.20 bits per heavy atom. The predicted molar refractivity (Wildman–Crippen MR) is 21.0 cm³/mol. The van der Waals surface area contributed by atoms with E-state index in [-0.39, 0.29) is 0 Å². The molecule has 4 heteroatoms. The Balaban J connectivity index is 2.85. The summed E-state index contributed by atoms with van der Waals surface area (Å²) in [7, 11) is 4.38. The largest absolute Gasteiger partial charge is 0.281 e. The third-order valence-corrected chi connectivity index (χ3v) is 0.771. The molecule has 0 fully saturated rings. The highest BCUT2D eigenvalue weighted by atomic mass is 35.7. The van der Waals surface area contributed by atoms with Gasteiger partial charge in [-0.05, 0) is 0 Å². The van der Waals surface area contributed by atoms with E-state index < -0.39 is 10.3 Å². The van der Waals surface area contributed by atoms with Gasteiger partial charge in [0.2, 0.25) is 0 Å². The summed E-state index contributed by atoms with van der Waals surface area (Å²) in [5.41, 5.74) is 0. The summed E-state index contributed by atoms with van der Waals surface area (Å²) in [5, 5.41) is 0. The summed E-state index contributed by atoms with van der Waals surface area (Å²) in [4.78, 5) is 0. The molecule has 5 heavy (non-hydrogen) atoms. The van der Waals surface area contributed by atoms with Crippen LogP contribution < -0.4 is 0 Å². The van der Waals surface area contributed by atoms with Crippen molar-refractivity contribution in [3.63, 3.8) is 0 Å². The van der Waals surface area contributed by atoms with Gasteiger partial charge in [0.25, 0.3) is 10.3 Å². The Bertz CT molecular complexity index is 44.9. The summed E-state index contributed by atoms with van der Waals surface area (Å²) in [5.74, 6) is 0. The molecule has 1 atom stereocenters. The van der Waals surface area contributed by atoms with Crippen molar-refractivity contribution in [2.75, 3.05) is 7.11 Å². The predicted octanol–water partition coefficient (Wildman–Crippen LogP) is 0.450. The molecule has 0 saturated carbocycles. The van der Waals surface area contributed by atoms with Gasteiger partial charge in [-0.25, -0.2) is 4.21 Å². The number of hydrogen-bond donors (Lipinski definition) is 0. The summed E-state index contributed by atoms with van der Waals surface area (Å²) < 4.78 is 13.5. The molecule has 0 radical (unpaired) electrons. The van der Waals surface area contributed by atoms with Crippen molar-refractivity contribution in [3.05, 3.63) is 0 Å². The molecule has 0 saturated heterocycles. The van der Waals surface area contributed by atoms with E-state index in [1.165, 1.54) is 7.11 Å². The second-order valence-electron chi connectivity index (χ2n) is 0.361. The van der Waals surface area contributed by atoms with E-state index in [1.54, 1.807) is 0 Å². The minimum atomic E-state index is -1.60. The Morgan fingerprint density at radius 1 is 2.00 bits per heavy atom. The zero-order valence-corrected chi connectivity index (χ0v) is 4.18. The molecular formula is CH3ClO2S. The first-order valence-electron chi connectivity index (χ1n) is 0.896. The van der Waals surface area contributed by atoms with E-state index in [0.29, 0.717) is 0 Å². The molecule has 0 aromatic heterocycles. The van der Waals surface area contributed by atoms with Crippen molar-refractivity contribution < 1.29 is 8.39 Å². The van der Waals surface area contributed by atoms with Crippen LogP contribution in [0.15, 0.2) is 0 Å². The van der Waals surface area contributed by atoms with E-state index in [2.05, 4.69) is 4.18 Å². The summed E-state index contributed by atoms with van der Waals surface area (Å²) in [6.07, 6.45) is 0. The fraction of sp³-hybridized carbons (Fsp3) is 1.00. The van der Waals surface area contributed by atoms with Gasteiger partial charge in [-0.3, -0.25) is 4.18 Å². The van der Waals surface area contributed by atoms with Gasteiger partial charge in [-0.2, -0.15) is 0 Å². The third-order valence-electron chi connectivity index (χ3n) is 0.131. The Morgan fingerprint density at radius 2 is 2.20 bits per heavy atom. The van der Waals surface area contributed by atoms with E-state index >= 15 is 0 Å². The molecule has 0 aromatic carbocycles. The van der Waals surface area contributed by atoms with E-state index in [1.807, 2.05) is 0 Å². The highest BCUT2D eigenvalue weighted by Crippen LogP contribution is 1.83. The van der Waals surface area contributed by atoms with Crippen molar-refractivity contribution in [1.29, 1.82) is 0 Å². The second kappa shape index (κ2) is 2.63. The molecule has 0 N–H and O–H groups in total. The van der Waals surface area contributed by atoms with Crippen LogP contribution in [0.1, 0.15) is 0 Å². The number of halogens is 1. The SMILES string of the molecule is COS(=O)Cl. The summed E-state index contributed by atoms with van der Waals surface area (Å²) in [6, 6.07) is 0. The van der Waals surface area contributed by atoms with Crippen molar-refractivity contribution in [2.24, 2.45) is 0 Å². The van der Waals surface area contributed by atoms with E-state index in [4.69, 9.17) is 10.7 Å². The lowest BCUT2D eigenvalue weighted by Crippen LogP contribution is -1.74. The van der Waals surface area contributed by atoms with Gasteiger partial charge in [0.15, 0.2) is 0 Å². The lowest BCUT2D eigenvalue weighted by atomic mass is 11.8. The smallest absolute Gasteiger partial charge is 0.255 e. The molecule has 0 rings (SSSR count). The van der Waals surface area contributed by atoms with Gasteiger partial charge in [-0.15, -0.1) is 0 Å². The van der Waals surface area contributed by atoms with Crippen molar-refractivity contribution in [2.45, 2.75) is 0 Å².